The van der Waals surface area contributed by atoms with Gasteiger partial charge in [-0.15, -0.1) is 11.3 Å². The summed E-state index contributed by atoms with van der Waals surface area (Å²) in [6.07, 6.45) is 0.439. The molecule has 2 heterocycles. The predicted molar refractivity (Wildman–Crippen MR) is 95.9 cm³/mol. The van der Waals surface area contributed by atoms with E-state index in [1.165, 1.54) is 11.3 Å². The quantitative estimate of drug-likeness (QED) is 0.741. The van der Waals surface area contributed by atoms with Gasteiger partial charge in [0.2, 0.25) is 5.69 Å². The monoisotopic (exact) mass is 358 g/mol. The van der Waals surface area contributed by atoms with Crippen LogP contribution in [0.25, 0.3) is 4.85 Å². The number of ether oxygens (including phenoxy) is 1. The van der Waals surface area contributed by atoms with Crippen LogP contribution in [0.4, 0.5) is 10.7 Å². The molecule has 0 N–H and O–H groups in total. The number of hydrogen-bond acceptors (Lipinski definition) is 4. The molecule has 1 unspecified atom stereocenters. The van der Waals surface area contributed by atoms with E-state index in [4.69, 9.17) is 22.9 Å². The first kappa shape index (κ1) is 15.6. The second-order valence-corrected chi connectivity index (χ2v) is 7.38. The van der Waals surface area contributed by atoms with E-state index in [0.717, 1.165) is 34.1 Å². The van der Waals surface area contributed by atoms with Crippen LogP contribution in [0, 0.1) is 6.57 Å². The number of Topliss-reactive ketones (excluding diaryl/α,β-unsaturated/α-hetero) is 1. The van der Waals surface area contributed by atoms with Crippen LogP contribution in [-0.4, -0.2) is 32.1 Å². The third-order valence-corrected chi connectivity index (χ3v) is 6.12. The molecule has 1 aromatic carbocycles. The van der Waals surface area contributed by atoms with Crippen molar-refractivity contribution in [2.45, 2.75) is 12.3 Å². The van der Waals surface area contributed by atoms with Crippen molar-refractivity contribution in [2.75, 3.05) is 31.2 Å². The number of ketones is 1. The predicted octanol–water partition coefficient (Wildman–Crippen LogP) is 4.51. The lowest BCUT2D eigenvalue weighted by molar-refractivity contribution is 0.0994. The van der Waals surface area contributed by atoms with Crippen molar-refractivity contribution in [2.24, 2.45) is 0 Å². The maximum absolute atomic E-state index is 12.5. The first-order valence-corrected chi connectivity index (χ1v) is 9.04. The van der Waals surface area contributed by atoms with Crippen molar-refractivity contribution < 1.29 is 9.53 Å². The molecule has 122 valence electrons. The van der Waals surface area contributed by atoms with Crippen molar-refractivity contribution in [3.63, 3.8) is 0 Å². The van der Waals surface area contributed by atoms with Gasteiger partial charge in [-0.05, 0) is 23.3 Å². The summed E-state index contributed by atoms with van der Waals surface area (Å²) in [5.74, 6) is 0.0965. The van der Waals surface area contributed by atoms with Gasteiger partial charge in [-0.2, -0.15) is 0 Å². The topological polar surface area (TPSA) is 33.9 Å². The Morgan fingerprint density at radius 3 is 2.62 bits per heavy atom. The van der Waals surface area contributed by atoms with Crippen LogP contribution in [0.1, 0.15) is 33.1 Å². The fourth-order valence-electron chi connectivity index (χ4n) is 3.40. The van der Waals surface area contributed by atoms with Gasteiger partial charge in [-0.25, -0.2) is 4.85 Å². The minimum atomic E-state index is -0.0418. The number of nitrogens with zero attached hydrogens (tertiary/aromatic N) is 2. The molecule has 0 spiro atoms. The van der Waals surface area contributed by atoms with Gasteiger partial charge in [0.25, 0.3) is 0 Å². The van der Waals surface area contributed by atoms with Gasteiger partial charge < -0.3 is 9.64 Å². The summed E-state index contributed by atoms with van der Waals surface area (Å²) < 4.78 is 5.40. The van der Waals surface area contributed by atoms with Crippen LogP contribution in [0.5, 0.6) is 0 Å². The van der Waals surface area contributed by atoms with Crippen LogP contribution in [0.3, 0.4) is 0 Å². The Balaban J connectivity index is 1.80. The van der Waals surface area contributed by atoms with E-state index in [9.17, 15) is 4.79 Å². The highest BCUT2D eigenvalue weighted by molar-refractivity contribution is 7.19. The standard InChI is InChI=1S/C18H15ClN2O2S/c1-20-16-15-13(11-2-4-12(19)5-3-11)10-14(22)17(15)24-18(16)21-6-8-23-9-7-21/h2-5,13H,6-10H2. The van der Waals surface area contributed by atoms with Crippen molar-refractivity contribution in [1.29, 1.82) is 0 Å². The molecule has 1 aromatic heterocycles. The van der Waals surface area contributed by atoms with Gasteiger partial charge in [0.1, 0.15) is 0 Å². The Kier molecular flexibility index (Phi) is 4.05. The lowest BCUT2D eigenvalue weighted by Gasteiger charge is -2.28. The lowest BCUT2D eigenvalue weighted by Crippen LogP contribution is -2.35. The largest absolute Gasteiger partial charge is 0.378 e. The second-order valence-electron chi connectivity index (χ2n) is 5.94. The van der Waals surface area contributed by atoms with Crippen LogP contribution >= 0.6 is 22.9 Å². The zero-order valence-electron chi connectivity index (χ0n) is 12.9. The summed E-state index contributed by atoms with van der Waals surface area (Å²) in [4.78, 5) is 19.2. The summed E-state index contributed by atoms with van der Waals surface area (Å²) in [7, 11) is 0. The first-order valence-electron chi connectivity index (χ1n) is 7.84. The molecule has 0 saturated carbocycles. The first-order chi connectivity index (χ1) is 11.7. The molecule has 1 aliphatic heterocycles. The molecule has 1 atom stereocenters. The fourth-order valence-corrected chi connectivity index (χ4v) is 4.83. The molecule has 0 radical (unpaired) electrons. The SMILES string of the molecule is [C-]#[N+]c1c(N2CCOCC2)sc2c1C(c1ccc(Cl)cc1)CC2=O. The number of thiophene rings is 1. The van der Waals surface area contributed by atoms with Crippen LogP contribution in [-0.2, 0) is 4.74 Å². The highest BCUT2D eigenvalue weighted by Gasteiger charge is 2.38. The van der Waals surface area contributed by atoms with Gasteiger partial charge in [-0.3, -0.25) is 4.79 Å². The zero-order chi connectivity index (χ0) is 16.7. The van der Waals surface area contributed by atoms with Gasteiger partial charge in [0.15, 0.2) is 5.78 Å². The maximum atomic E-state index is 12.5. The van der Waals surface area contributed by atoms with Crippen molar-refractivity contribution in [3.8, 4) is 0 Å². The molecule has 1 aliphatic carbocycles. The highest BCUT2D eigenvalue weighted by atomic mass is 35.5. The molecule has 0 bridgehead atoms. The van der Waals surface area contributed by atoms with E-state index in [-0.39, 0.29) is 11.7 Å². The average molecular weight is 359 g/mol. The van der Waals surface area contributed by atoms with Crippen molar-refractivity contribution in [1.82, 2.24) is 0 Å². The summed E-state index contributed by atoms with van der Waals surface area (Å²) in [5.41, 5.74) is 2.59. The second kappa shape index (κ2) is 6.21. The van der Waals surface area contributed by atoms with E-state index < -0.39 is 0 Å². The van der Waals surface area contributed by atoms with Gasteiger partial charge in [0.05, 0.1) is 29.7 Å². The number of rotatable bonds is 2. The number of carbonyl (C=O) groups is 1. The molecular weight excluding hydrogens is 344 g/mol. The van der Waals surface area contributed by atoms with E-state index >= 15 is 0 Å². The summed E-state index contributed by atoms with van der Waals surface area (Å²) >= 11 is 7.45. The molecule has 4 rings (SSSR count). The van der Waals surface area contributed by atoms with E-state index in [1.807, 2.05) is 24.3 Å². The maximum Gasteiger partial charge on any atom is 0.225 e. The zero-order valence-corrected chi connectivity index (χ0v) is 14.5. The summed E-state index contributed by atoms with van der Waals surface area (Å²) in [6.45, 7) is 10.5. The van der Waals surface area contributed by atoms with Gasteiger partial charge >= 0.3 is 0 Å². The minimum Gasteiger partial charge on any atom is -0.378 e. The third kappa shape index (κ3) is 2.51. The highest BCUT2D eigenvalue weighted by Crippen LogP contribution is 2.53. The van der Waals surface area contributed by atoms with Crippen LogP contribution in [0.2, 0.25) is 5.02 Å². The smallest absolute Gasteiger partial charge is 0.225 e. The van der Waals surface area contributed by atoms with Gasteiger partial charge in [-0.1, -0.05) is 23.7 Å². The minimum absolute atomic E-state index is 0.0418. The molecule has 2 aromatic rings. The number of benzene rings is 1. The van der Waals surface area contributed by atoms with Crippen molar-refractivity contribution in [3.05, 3.63) is 56.7 Å². The Morgan fingerprint density at radius 2 is 1.96 bits per heavy atom. The Morgan fingerprint density at radius 1 is 1.25 bits per heavy atom. The van der Waals surface area contributed by atoms with E-state index in [2.05, 4.69) is 9.74 Å². The Hall–Kier alpha value is -1.87. The number of halogens is 1. The summed E-state index contributed by atoms with van der Waals surface area (Å²) in [5, 5.41) is 1.60. The van der Waals surface area contributed by atoms with Crippen molar-refractivity contribution >= 4 is 39.4 Å². The molecule has 1 fully saturated rings. The number of morpholine rings is 1. The van der Waals surface area contributed by atoms with Crippen LogP contribution < -0.4 is 4.90 Å². The van der Waals surface area contributed by atoms with E-state index in [1.54, 1.807) is 0 Å². The number of anilines is 1. The normalized spacial score (nSPS) is 20.1. The number of carbonyl (C=O) groups excluding carboxylic acids is 1. The Labute approximate surface area is 149 Å². The molecule has 24 heavy (non-hydrogen) atoms. The van der Waals surface area contributed by atoms with Gasteiger partial charge in [0, 0.05) is 30.5 Å². The van der Waals surface area contributed by atoms with E-state index in [0.29, 0.717) is 30.3 Å². The molecular formula is C18H15ClN2O2S. The van der Waals surface area contributed by atoms with Crippen LogP contribution in [0.15, 0.2) is 24.3 Å². The molecule has 4 nitrogen and oxygen atoms in total. The molecule has 2 aliphatic rings. The third-order valence-electron chi connectivity index (χ3n) is 4.57. The Bertz CT molecular complexity index is 832. The molecule has 0 amide bonds. The fraction of sp³-hybridized carbons (Fsp3) is 0.333. The number of fused-ring (bicyclic) bond motifs is 1. The summed E-state index contributed by atoms with van der Waals surface area (Å²) in [6, 6.07) is 7.59. The number of hydrogen-bond donors (Lipinski definition) is 0. The molecule has 1 saturated heterocycles. The average Bonchev–Trinajstić information content (AvgIpc) is 3.14. The lowest BCUT2D eigenvalue weighted by atomic mass is 9.93. The molecule has 6 heteroatoms.